The van der Waals surface area contributed by atoms with Gasteiger partial charge in [0.1, 0.15) is 0 Å². The molecule has 0 spiro atoms. The van der Waals surface area contributed by atoms with Crippen LogP contribution in [0.3, 0.4) is 0 Å². The van der Waals surface area contributed by atoms with Crippen LogP contribution in [-0.2, 0) is 4.79 Å². The van der Waals surface area contributed by atoms with Gasteiger partial charge < -0.3 is 10.2 Å². The first-order valence-electron chi connectivity index (χ1n) is 9.48. The molecule has 4 heteroatoms. The second kappa shape index (κ2) is 10.3. The molecule has 0 aliphatic carbocycles. The van der Waals surface area contributed by atoms with Crippen molar-refractivity contribution in [3.63, 3.8) is 0 Å². The molecule has 0 fully saturated rings. The predicted octanol–water partition coefficient (Wildman–Crippen LogP) is 4.91. The first kappa shape index (κ1) is 20.4. The van der Waals surface area contributed by atoms with Gasteiger partial charge in [-0.15, -0.1) is 0 Å². The second-order valence-electron chi connectivity index (χ2n) is 6.61. The average Bonchev–Trinajstić information content (AvgIpc) is 2.67. The van der Waals surface area contributed by atoms with E-state index in [1.807, 2.05) is 36.1 Å². The van der Waals surface area contributed by atoms with Gasteiger partial charge in [-0.05, 0) is 49.6 Å². The monoisotopic (exact) mass is 364 g/mol. The number of aryl methyl sites for hydroxylation is 1. The van der Waals surface area contributed by atoms with Crippen molar-refractivity contribution in [3.8, 4) is 0 Å². The fraction of sp³-hybridized carbons (Fsp3) is 0.304. The van der Waals surface area contributed by atoms with Gasteiger partial charge in [-0.25, -0.2) is 0 Å². The minimum atomic E-state index is -0.223. The maximum absolute atomic E-state index is 12.7. The topological polar surface area (TPSA) is 49.4 Å². The van der Waals surface area contributed by atoms with Crippen LogP contribution in [0.4, 0.5) is 5.69 Å². The summed E-state index contributed by atoms with van der Waals surface area (Å²) in [5.41, 5.74) is 3.36. The lowest BCUT2D eigenvalue weighted by Crippen LogP contribution is -2.32. The summed E-state index contributed by atoms with van der Waals surface area (Å²) in [6.45, 7) is 7.63. The van der Waals surface area contributed by atoms with E-state index in [2.05, 4.69) is 19.2 Å². The van der Waals surface area contributed by atoms with Crippen molar-refractivity contribution in [2.45, 2.75) is 33.6 Å². The zero-order valence-electron chi connectivity index (χ0n) is 16.4. The molecule has 0 aliphatic rings. The Kier molecular flexibility index (Phi) is 7.80. The molecule has 0 aromatic heterocycles. The van der Waals surface area contributed by atoms with E-state index in [-0.39, 0.29) is 11.8 Å². The van der Waals surface area contributed by atoms with Gasteiger partial charge in [0.2, 0.25) is 5.91 Å². The predicted molar refractivity (Wildman–Crippen MR) is 112 cm³/mol. The van der Waals surface area contributed by atoms with Gasteiger partial charge in [0.25, 0.3) is 5.91 Å². The smallest absolute Gasteiger partial charge is 0.253 e. The van der Waals surface area contributed by atoms with Crippen molar-refractivity contribution in [2.24, 2.45) is 0 Å². The number of hydrogen-bond acceptors (Lipinski definition) is 2. The van der Waals surface area contributed by atoms with Crippen LogP contribution in [-0.4, -0.2) is 29.8 Å². The van der Waals surface area contributed by atoms with E-state index in [0.29, 0.717) is 11.3 Å². The molecule has 0 atom stereocenters. The SMILES string of the molecule is CCCN(CCC)C(=O)c1cccc(NC(=O)/C=C/c2ccc(C)cc2)c1. The molecule has 0 bridgehead atoms. The molecule has 0 radical (unpaired) electrons. The van der Waals surface area contributed by atoms with E-state index in [4.69, 9.17) is 0 Å². The summed E-state index contributed by atoms with van der Waals surface area (Å²) < 4.78 is 0. The van der Waals surface area contributed by atoms with Crippen LogP contribution in [0.15, 0.2) is 54.6 Å². The Hall–Kier alpha value is -2.88. The van der Waals surface area contributed by atoms with Gasteiger partial charge >= 0.3 is 0 Å². The maximum atomic E-state index is 12.7. The Morgan fingerprint density at radius 2 is 1.67 bits per heavy atom. The standard InChI is InChI=1S/C23H28N2O2/c1-4-15-25(16-5-2)23(27)20-7-6-8-21(17-20)24-22(26)14-13-19-11-9-18(3)10-12-19/h6-14,17H,4-5,15-16H2,1-3H3,(H,24,26)/b14-13+. The fourth-order valence-electron chi connectivity index (χ4n) is 2.80. The maximum Gasteiger partial charge on any atom is 0.253 e. The molecule has 142 valence electrons. The number of nitrogens with zero attached hydrogens (tertiary/aromatic N) is 1. The molecule has 2 aromatic rings. The molecule has 2 amide bonds. The molecule has 1 N–H and O–H groups in total. The van der Waals surface area contributed by atoms with Crippen molar-refractivity contribution >= 4 is 23.6 Å². The molecular formula is C23H28N2O2. The van der Waals surface area contributed by atoms with Gasteiger partial charge in [0.05, 0.1) is 0 Å². The van der Waals surface area contributed by atoms with Gasteiger partial charge in [-0.2, -0.15) is 0 Å². The molecule has 0 saturated heterocycles. The summed E-state index contributed by atoms with van der Waals surface area (Å²) in [4.78, 5) is 26.7. The lowest BCUT2D eigenvalue weighted by Gasteiger charge is -2.21. The zero-order chi connectivity index (χ0) is 19.6. The minimum absolute atomic E-state index is 0.00463. The summed E-state index contributed by atoms with van der Waals surface area (Å²) in [5.74, 6) is -0.218. The van der Waals surface area contributed by atoms with Gasteiger partial charge in [-0.1, -0.05) is 49.7 Å². The van der Waals surface area contributed by atoms with Crippen LogP contribution in [0, 0.1) is 6.92 Å². The first-order chi connectivity index (χ1) is 13.0. The number of benzene rings is 2. The molecule has 0 aliphatic heterocycles. The molecule has 0 unspecified atom stereocenters. The van der Waals surface area contributed by atoms with Crippen LogP contribution >= 0.6 is 0 Å². The Morgan fingerprint density at radius 3 is 2.30 bits per heavy atom. The van der Waals surface area contributed by atoms with Crippen molar-refractivity contribution in [3.05, 3.63) is 71.3 Å². The fourth-order valence-corrected chi connectivity index (χ4v) is 2.80. The van der Waals surface area contributed by atoms with E-state index >= 15 is 0 Å². The van der Waals surface area contributed by atoms with Crippen LogP contribution in [0.25, 0.3) is 6.08 Å². The molecular weight excluding hydrogens is 336 g/mol. The van der Waals surface area contributed by atoms with Crippen LogP contribution in [0.5, 0.6) is 0 Å². The quantitative estimate of drug-likeness (QED) is 0.677. The molecule has 2 rings (SSSR count). The number of rotatable bonds is 8. The Labute approximate surface area is 161 Å². The summed E-state index contributed by atoms with van der Waals surface area (Å²) >= 11 is 0. The number of amides is 2. The Bertz CT molecular complexity index is 788. The second-order valence-corrected chi connectivity index (χ2v) is 6.61. The van der Waals surface area contributed by atoms with E-state index in [1.54, 1.807) is 30.3 Å². The molecule has 0 saturated carbocycles. The Balaban J connectivity index is 2.04. The molecule has 0 heterocycles. The number of carbonyl (C=O) groups excluding carboxylic acids is 2. The minimum Gasteiger partial charge on any atom is -0.339 e. The first-order valence-corrected chi connectivity index (χ1v) is 9.48. The van der Waals surface area contributed by atoms with Gasteiger partial charge in [0.15, 0.2) is 0 Å². The van der Waals surface area contributed by atoms with E-state index in [1.165, 1.54) is 11.6 Å². The third-order valence-electron chi connectivity index (χ3n) is 4.16. The largest absolute Gasteiger partial charge is 0.339 e. The highest BCUT2D eigenvalue weighted by atomic mass is 16.2. The highest BCUT2D eigenvalue weighted by Crippen LogP contribution is 2.14. The molecule has 27 heavy (non-hydrogen) atoms. The lowest BCUT2D eigenvalue weighted by molar-refractivity contribution is -0.111. The summed E-state index contributed by atoms with van der Waals surface area (Å²) in [5, 5.41) is 2.83. The summed E-state index contributed by atoms with van der Waals surface area (Å²) in [7, 11) is 0. The number of carbonyl (C=O) groups is 2. The van der Waals surface area contributed by atoms with E-state index < -0.39 is 0 Å². The van der Waals surface area contributed by atoms with Crippen molar-refractivity contribution in [1.29, 1.82) is 0 Å². The summed E-state index contributed by atoms with van der Waals surface area (Å²) in [6.07, 6.45) is 5.12. The van der Waals surface area contributed by atoms with Crippen molar-refractivity contribution in [1.82, 2.24) is 4.90 Å². The van der Waals surface area contributed by atoms with Crippen molar-refractivity contribution in [2.75, 3.05) is 18.4 Å². The van der Waals surface area contributed by atoms with Gasteiger partial charge in [-0.3, -0.25) is 9.59 Å². The van der Waals surface area contributed by atoms with Crippen LogP contribution in [0.2, 0.25) is 0 Å². The average molecular weight is 364 g/mol. The third kappa shape index (κ3) is 6.41. The normalized spacial score (nSPS) is 10.8. The van der Waals surface area contributed by atoms with Gasteiger partial charge in [0, 0.05) is 30.4 Å². The highest BCUT2D eigenvalue weighted by Gasteiger charge is 2.14. The molecule has 4 nitrogen and oxygen atoms in total. The lowest BCUT2D eigenvalue weighted by atomic mass is 10.1. The zero-order valence-corrected chi connectivity index (χ0v) is 16.4. The number of anilines is 1. The van der Waals surface area contributed by atoms with E-state index in [0.717, 1.165) is 31.5 Å². The highest BCUT2D eigenvalue weighted by molar-refractivity contribution is 6.03. The van der Waals surface area contributed by atoms with Crippen molar-refractivity contribution < 1.29 is 9.59 Å². The van der Waals surface area contributed by atoms with Crippen LogP contribution < -0.4 is 5.32 Å². The summed E-state index contributed by atoms with van der Waals surface area (Å²) in [6, 6.07) is 15.1. The third-order valence-corrected chi connectivity index (χ3v) is 4.16. The van der Waals surface area contributed by atoms with E-state index in [9.17, 15) is 9.59 Å². The number of nitrogens with one attached hydrogen (secondary N) is 1. The molecule has 2 aromatic carbocycles. The number of hydrogen-bond donors (Lipinski definition) is 1. The van der Waals surface area contributed by atoms with Crippen LogP contribution in [0.1, 0.15) is 48.2 Å². The Morgan fingerprint density at radius 1 is 1.00 bits per heavy atom.